The van der Waals surface area contributed by atoms with E-state index >= 15 is 0 Å². The Labute approximate surface area is 321 Å². The maximum atomic E-state index is 2.47. The van der Waals surface area contributed by atoms with Crippen LogP contribution in [-0.2, 0) is 5.41 Å². The summed E-state index contributed by atoms with van der Waals surface area (Å²) in [5, 5.41) is 7.43. The van der Waals surface area contributed by atoms with Crippen molar-refractivity contribution < 1.29 is 0 Å². The van der Waals surface area contributed by atoms with Crippen LogP contribution in [0.2, 0.25) is 0 Å². The van der Waals surface area contributed by atoms with Crippen molar-refractivity contribution in [3.05, 3.63) is 205 Å². The van der Waals surface area contributed by atoms with E-state index in [4.69, 9.17) is 0 Å². The van der Waals surface area contributed by atoms with Gasteiger partial charge in [0.25, 0.3) is 0 Å². The Kier molecular flexibility index (Phi) is 6.93. The predicted octanol–water partition coefficient (Wildman–Crippen LogP) is 14.5. The summed E-state index contributed by atoms with van der Waals surface area (Å²) in [7, 11) is 0. The standard InChI is InChI=1S/C53H38N2/c1-53(2)47-23-13-11-21-42(47)43-28-25-38(33-48(43)53)52-45-32-36-16-10-9-15-35(36)31-37(45)26-29-51(52)54(39-17-5-3-6-18-39)41-27-30-50-46(34-41)44-22-12-14-24-49(44)55(50)40-19-7-4-8-20-40/h3-34H,1-2H3. The van der Waals surface area contributed by atoms with E-state index in [9.17, 15) is 0 Å². The first kappa shape index (κ1) is 31.6. The summed E-state index contributed by atoms with van der Waals surface area (Å²) in [6.45, 7) is 4.74. The predicted molar refractivity (Wildman–Crippen MR) is 233 cm³/mol. The van der Waals surface area contributed by atoms with E-state index < -0.39 is 0 Å². The highest BCUT2D eigenvalue weighted by molar-refractivity contribution is 6.13. The molecule has 0 N–H and O–H groups in total. The summed E-state index contributed by atoms with van der Waals surface area (Å²) in [5.41, 5.74) is 14.7. The number of fused-ring (bicyclic) bond motifs is 8. The molecule has 1 aliphatic carbocycles. The van der Waals surface area contributed by atoms with Gasteiger partial charge in [-0.25, -0.2) is 0 Å². The molecule has 10 aromatic rings. The monoisotopic (exact) mass is 702 g/mol. The number of anilines is 3. The molecule has 2 nitrogen and oxygen atoms in total. The molecule has 1 aromatic heterocycles. The smallest absolute Gasteiger partial charge is 0.0546 e. The van der Waals surface area contributed by atoms with Gasteiger partial charge in [0.1, 0.15) is 0 Å². The summed E-state index contributed by atoms with van der Waals surface area (Å²) >= 11 is 0. The van der Waals surface area contributed by atoms with Gasteiger partial charge in [-0.1, -0.05) is 135 Å². The van der Waals surface area contributed by atoms with E-state index in [1.54, 1.807) is 0 Å². The van der Waals surface area contributed by atoms with Crippen LogP contribution < -0.4 is 4.90 Å². The van der Waals surface area contributed by atoms with Gasteiger partial charge in [-0.3, -0.25) is 0 Å². The molecule has 0 amide bonds. The SMILES string of the molecule is CC1(C)c2ccccc2-c2ccc(-c3c(N(c4ccccc4)c4ccc5c(c4)c4ccccc4n5-c4ccccc4)ccc4cc5ccccc5cc34)cc21. The third-order valence-electron chi connectivity index (χ3n) is 11.9. The molecular weight excluding hydrogens is 665 g/mol. The molecule has 0 saturated heterocycles. The van der Waals surface area contributed by atoms with Crippen molar-refractivity contribution in [3.8, 4) is 27.9 Å². The Morgan fingerprint density at radius 1 is 0.418 bits per heavy atom. The summed E-state index contributed by atoms with van der Waals surface area (Å²) < 4.78 is 2.39. The van der Waals surface area contributed by atoms with Crippen LogP contribution in [0.25, 0.3) is 71.3 Å². The largest absolute Gasteiger partial charge is 0.310 e. The summed E-state index contributed by atoms with van der Waals surface area (Å²) in [6.07, 6.45) is 0. The van der Waals surface area contributed by atoms with Crippen molar-refractivity contribution in [3.63, 3.8) is 0 Å². The normalized spacial score (nSPS) is 13.1. The van der Waals surface area contributed by atoms with E-state index in [1.165, 1.54) is 76.7 Å². The molecule has 11 rings (SSSR count). The van der Waals surface area contributed by atoms with Crippen LogP contribution in [0.5, 0.6) is 0 Å². The first-order valence-corrected chi connectivity index (χ1v) is 19.2. The number of aromatic nitrogens is 1. The van der Waals surface area contributed by atoms with Crippen molar-refractivity contribution in [1.82, 2.24) is 4.57 Å². The highest BCUT2D eigenvalue weighted by Crippen LogP contribution is 2.52. The van der Waals surface area contributed by atoms with Crippen LogP contribution in [0.15, 0.2) is 194 Å². The van der Waals surface area contributed by atoms with E-state index in [0.717, 1.165) is 22.7 Å². The van der Waals surface area contributed by atoms with Gasteiger partial charge in [-0.15, -0.1) is 0 Å². The highest BCUT2D eigenvalue weighted by Gasteiger charge is 2.35. The zero-order valence-corrected chi connectivity index (χ0v) is 30.9. The van der Waals surface area contributed by atoms with Crippen LogP contribution in [0.4, 0.5) is 17.1 Å². The lowest BCUT2D eigenvalue weighted by molar-refractivity contribution is 0.660. The molecule has 260 valence electrons. The molecule has 0 saturated carbocycles. The lowest BCUT2D eigenvalue weighted by atomic mass is 9.81. The minimum Gasteiger partial charge on any atom is -0.310 e. The number of nitrogens with zero attached hydrogens (tertiary/aromatic N) is 2. The van der Waals surface area contributed by atoms with Gasteiger partial charge in [-0.05, 0) is 122 Å². The highest BCUT2D eigenvalue weighted by atomic mass is 15.1. The van der Waals surface area contributed by atoms with Crippen molar-refractivity contribution in [2.24, 2.45) is 0 Å². The van der Waals surface area contributed by atoms with Crippen LogP contribution in [0, 0.1) is 0 Å². The summed E-state index contributed by atoms with van der Waals surface area (Å²) in [5.74, 6) is 0. The minimum atomic E-state index is -0.115. The Morgan fingerprint density at radius 3 is 1.93 bits per heavy atom. The van der Waals surface area contributed by atoms with Gasteiger partial charge in [0, 0.05) is 38.8 Å². The van der Waals surface area contributed by atoms with Crippen molar-refractivity contribution >= 4 is 60.4 Å². The third kappa shape index (κ3) is 4.81. The van der Waals surface area contributed by atoms with Gasteiger partial charge in [0.2, 0.25) is 0 Å². The van der Waals surface area contributed by atoms with Gasteiger partial charge in [0.15, 0.2) is 0 Å². The van der Waals surface area contributed by atoms with Gasteiger partial charge in [-0.2, -0.15) is 0 Å². The first-order chi connectivity index (χ1) is 27.0. The van der Waals surface area contributed by atoms with Gasteiger partial charge >= 0.3 is 0 Å². The van der Waals surface area contributed by atoms with Crippen LogP contribution >= 0.6 is 0 Å². The molecule has 1 aliphatic rings. The Balaban J connectivity index is 1.20. The van der Waals surface area contributed by atoms with Crippen LogP contribution in [0.1, 0.15) is 25.0 Å². The van der Waals surface area contributed by atoms with E-state index in [2.05, 4.69) is 217 Å². The first-order valence-electron chi connectivity index (χ1n) is 19.2. The Bertz CT molecular complexity index is 3120. The number of hydrogen-bond donors (Lipinski definition) is 0. The molecule has 2 heteroatoms. The number of hydrogen-bond acceptors (Lipinski definition) is 1. The molecule has 0 bridgehead atoms. The lowest BCUT2D eigenvalue weighted by Gasteiger charge is -2.29. The summed E-state index contributed by atoms with van der Waals surface area (Å²) in [6, 6.07) is 71.5. The fraction of sp³-hybridized carbons (Fsp3) is 0.0566. The van der Waals surface area contributed by atoms with E-state index in [1.807, 2.05) is 0 Å². The molecule has 0 radical (unpaired) electrons. The lowest BCUT2D eigenvalue weighted by Crippen LogP contribution is -2.15. The zero-order valence-electron chi connectivity index (χ0n) is 30.9. The Morgan fingerprint density at radius 2 is 1.09 bits per heavy atom. The minimum absolute atomic E-state index is 0.115. The van der Waals surface area contributed by atoms with Crippen LogP contribution in [-0.4, -0.2) is 4.57 Å². The summed E-state index contributed by atoms with van der Waals surface area (Å²) in [4.78, 5) is 2.46. The molecule has 0 atom stereocenters. The van der Waals surface area contributed by atoms with Crippen molar-refractivity contribution in [1.29, 1.82) is 0 Å². The third-order valence-corrected chi connectivity index (χ3v) is 11.9. The average Bonchev–Trinajstić information content (AvgIpc) is 3.68. The van der Waals surface area contributed by atoms with E-state index in [-0.39, 0.29) is 5.41 Å². The molecule has 1 heterocycles. The van der Waals surface area contributed by atoms with Crippen molar-refractivity contribution in [2.75, 3.05) is 4.90 Å². The number of para-hydroxylation sites is 3. The molecular formula is C53H38N2. The fourth-order valence-electron chi connectivity index (χ4n) is 9.31. The van der Waals surface area contributed by atoms with Crippen LogP contribution in [0.3, 0.4) is 0 Å². The molecule has 0 spiro atoms. The molecule has 0 fully saturated rings. The number of rotatable bonds is 5. The van der Waals surface area contributed by atoms with Gasteiger partial charge in [0.05, 0.1) is 16.7 Å². The molecule has 9 aromatic carbocycles. The second-order valence-corrected chi connectivity index (χ2v) is 15.4. The second-order valence-electron chi connectivity index (χ2n) is 15.4. The topological polar surface area (TPSA) is 8.17 Å². The quantitative estimate of drug-likeness (QED) is 0.162. The zero-order chi connectivity index (χ0) is 36.7. The maximum Gasteiger partial charge on any atom is 0.0546 e. The number of benzene rings is 9. The average molecular weight is 703 g/mol. The molecule has 0 aliphatic heterocycles. The molecule has 55 heavy (non-hydrogen) atoms. The maximum absolute atomic E-state index is 2.47. The second kappa shape index (κ2) is 12.1. The molecule has 0 unspecified atom stereocenters. The Hall–Kier alpha value is -6.90. The van der Waals surface area contributed by atoms with E-state index in [0.29, 0.717) is 0 Å². The van der Waals surface area contributed by atoms with Crippen molar-refractivity contribution in [2.45, 2.75) is 19.3 Å². The van der Waals surface area contributed by atoms with Gasteiger partial charge < -0.3 is 9.47 Å². The fourth-order valence-corrected chi connectivity index (χ4v) is 9.31.